The Balaban J connectivity index is 0.0000415. The monoisotopic (exact) mass is 1980 g/mol. The molecule has 1 aliphatic heterocycles. The fourth-order valence-corrected chi connectivity index (χ4v) is 15.4. The average molecular weight is 1980 g/mol. The number of aromatic nitrogens is 1. The predicted octanol–water partition coefficient (Wildman–Crippen LogP) is 2.35. The van der Waals surface area contributed by atoms with Crippen LogP contribution < -0.4 is 91.2 Å². The topological polar surface area (TPSA) is 650 Å². The van der Waals surface area contributed by atoms with Crippen molar-refractivity contribution in [2.24, 2.45) is 35.1 Å². The van der Waals surface area contributed by atoms with Crippen molar-refractivity contribution in [1.82, 2.24) is 84.7 Å². The van der Waals surface area contributed by atoms with Crippen LogP contribution in [0.25, 0.3) is 10.9 Å². The minimum absolute atomic E-state index is 0. The number of primary amides is 2. The predicted molar refractivity (Wildman–Crippen MR) is 516 cm³/mol. The number of phenols is 1. The van der Waals surface area contributed by atoms with Gasteiger partial charge in [-0.15, -0.1) is 0 Å². The van der Waals surface area contributed by atoms with Gasteiger partial charge in [-0.05, 0) is 185 Å². The third-order valence-electron chi connectivity index (χ3n) is 23.9. The second-order valence-electron chi connectivity index (χ2n) is 37.5. The van der Waals surface area contributed by atoms with E-state index in [1.165, 1.54) is 86.6 Å². The van der Waals surface area contributed by atoms with Crippen LogP contribution in [0.15, 0.2) is 85.1 Å². The highest BCUT2D eigenvalue weighted by atomic mass is 19.2. The van der Waals surface area contributed by atoms with E-state index in [4.69, 9.17) is 11.5 Å². The molecular formula is C98H144F2N18O23. The molecule has 0 unspecified atom stereocenters. The van der Waals surface area contributed by atoms with E-state index in [0.717, 1.165) is 32.0 Å². The highest BCUT2D eigenvalue weighted by Crippen LogP contribution is 2.27. The number of aliphatic hydroxyl groups is 1. The van der Waals surface area contributed by atoms with E-state index in [-0.39, 0.29) is 93.9 Å². The average Bonchev–Trinajstić information content (AvgIpc) is 1.31. The lowest BCUT2D eigenvalue weighted by Gasteiger charge is -2.34. The van der Waals surface area contributed by atoms with Crippen LogP contribution in [0.1, 0.15) is 237 Å². The molecule has 141 heavy (non-hydrogen) atoms. The number of aromatic amines is 1. The molecule has 0 radical (unpaired) electrons. The highest BCUT2D eigenvalue weighted by Gasteiger charge is 2.44. The van der Waals surface area contributed by atoms with E-state index in [2.05, 4.69) is 84.7 Å². The van der Waals surface area contributed by atoms with Gasteiger partial charge >= 0.3 is 5.97 Å². The summed E-state index contributed by atoms with van der Waals surface area (Å²) in [7, 11) is 0. The summed E-state index contributed by atoms with van der Waals surface area (Å²) in [6.45, 7) is 21.2. The molecule has 0 saturated heterocycles. The van der Waals surface area contributed by atoms with Gasteiger partial charge in [0.1, 0.15) is 83.3 Å². The van der Waals surface area contributed by atoms with Crippen LogP contribution in [0, 0.1) is 35.3 Å². The number of allylic oxidation sites excluding steroid dienone is 2. The van der Waals surface area contributed by atoms with E-state index in [0.29, 0.717) is 42.1 Å². The molecular weight excluding hydrogens is 1840 g/mol. The van der Waals surface area contributed by atoms with Crippen molar-refractivity contribution in [2.75, 3.05) is 0 Å². The first kappa shape index (κ1) is 120. The van der Waals surface area contributed by atoms with Gasteiger partial charge in [0.15, 0.2) is 23.2 Å². The summed E-state index contributed by atoms with van der Waals surface area (Å²) in [5.41, 5.74) is 7.96. The summed E-state index contributed by atoms with van der Waals surface area (Å²) in [4.78, 5) is 283. The number of amides is 17. The van der Waals surface area contributed by atoms with E-state index in [1.54, 1.807) is 64.2 Å². The first-order valence-electron chi connectivity index (χ1n) is 47.1. The van der Waals surface area contributed by atoms with Crippen LogP contribution in [0.4, 0.5) is 8.78 Å². The Kier molecular flexibility index (Phi) is 48.5. The number of carbonyl (C=O) groups excluding carboxylic acids is 19. The van der Waals surface area contributed by atoms with E-state index < -0.39 is 282 Å². The van der Waals surface area contributed by atoms with Crippen molar-refractivity contribution in [2.45, 2.75) is 335 Å². The quantitative estimate of drug-likeness (QED) is 0.0286. The Morgan fingerprint density at radius 3 is 1.63 bits per heavy atom. The van der Waals surface area contributed by atoms with Crippen molar-refractivity contribution in [1.29, 1.82) is 0 Å². The third-order valence-corrected chi connectivity index (χ3v) is 23.9. The number of carboxylic acid groups (broad SMARTS) is 1. The summed E-state index contributed by atoms with van der Waals surface area (Å²) in [6.07, 6.45) is 0.414. The third kappa shape index (κ3) is 39.9. The molecule has 2 heterocycles. The Hall–Kier alpha value is -13.6. The molecule has 41 nitrogen and oxygen atoms in total. The maximum absolute atomic E-state index is 15.6. The number of halogens is 2. The van der Waals surface area contributed by atoms with Crippen LogP contribution in [0.5, 0.6) is 5.75 Å². The Morgan fingerprint density at radius 2 is 1.07 bits per heavy atom. The van der Waals surface area contributed by atoms with E-state index in [1.807, 2.05) is 6.08 Å². The molecule has 0 spiro atoms. The second-order valence-corrected chi connectivity index (χ2v) is 37.5. The molecule has 3 aromatic carbocycles. The van der Waals surface area contributed by atoms with Gasteiger partial charge in [0.2, 0.25) is 100 Å². The number of para-hydroxylation sites is 1. The van der Waals surface area contributed by atoms with E-state index >= 15 is 33.2 Å². The smallest absolute Gasteiger partial charge is 0.303 e. The molecule has 0 fully saturated rings. The van der Waals surface area contributed by atoms with Gasteiger partial charge in [0.05, 0.1) is 18.2 Å². The number of nitrogens with one attached hydrogen (secondary N) is 16. The van der Waals surface area contributed by atoms with Crippen LogP contribution in [0.2, 0.25) is 0 Å². The minimum atomic E-state index is -2.22. The molecule has 0 aliphatic carbocycles. The Bertz CT molecular complexity index is 5110. The molecule has 17 amide bonds. The molecule has 18 atom stereocenters. The lowest BCUT2D eigenvalue weighted by atomic mass is 9.86. The number of ketones is 2. The zero-order chi connectivity index (χ0) is 105. The Labute approximate surface area is 819 Å². The van der Waals surface area contributed by atoms with Crippen molar-refractivity contribution in [3.8, 4) is 5.75 Å². The number of benzene rings is 3. The largest absolute Gasteiger partial charge is 0.508 e. The van der Waals surface area contributed by atoms with Gasteiger partial charge in [-0.3, -0.25) is 95.9 Å². The van der Waals surface area contributed by atoms with Gasteiger partial charge in [-0.1, -0.05) is 110 Å². The molecule has 0 saturated carbocycles. The zero-order valence-electron chi connectivity index (χ0n) is 82.0. The van der Waals surface area contributed by atoms with Crippen LogP contribution in [0.3, 0.4) is 0 Å². The fourth-order valence-electron chi connectivity index (χ4n) is 15.4. The number of fused-ring (bicyclic) bond motifs is 1. The number of aliphatic hydroxyl groups excluding tert-OH is 1. The molecule has 43 heteroatoms. The maximum atomic E-state index is 15.6. The number of H-pyrrole nitrogens is 1. The number of carbonyl (C=O) groups is 20. The van der Waals surface area contributed by atoms with Crippen LogP contribution >= 0.6 is 0 Å². The second kappa shape index (κ2) is 57.2. The van der Waals surface area contributed by atoms with Crippen LogP contribution in [-0.4, -0.2) is 234 Å². The molecule has 1 aliphatic rings. The van der Waals surface area contributed by atoms with Crippen molar-refractivity contribution < 1.29 is 120 Å². The van der Waals surface area contributed by atoms with Crippen molar-refractivity contribution >= 4 is 129 Å². The number of phenolic OH excluding ortho intramolecular Hbond substituents is 1. The molecule has 1 aromatic heterocycles. The number of rotatable bonds is 38. The molecule has 4 aromatic rings. The lowest BCUT2D eigenvalue weighted by Crippen LogP contribution is -2.65. The number of carboxylic acids is 1. The molecule has 5 rings (SSSR count). The Morgan fingerprint density at radius 1 is 0.532 bits per heavy atom. The summed E-state index contributed by atoms with van der Waals surface area (Å²) in [6, 6.07) is -5.25. The van der Waals surface area contributed by atoms with Gasteiger partial charge in [0, 0.05) is 80.8 Å². The summed E-state index contributed by atoms with van der Waals surface area (Å²) < 4.78 is 29.7. The first-order chi connectivity index (χ1) is 65.6. The van der Waals surface area contributed by atoms with Gasteiger partial charge in [-0.25, -0.2) is 8.78 Å². The fraction of sp³-hybridized carbons (Fsp3) is 0.571. The van der Waals surface area contributed by atoms with Crippen molar-refractivity contribution in [3.63, 3.8) is 0 Å². The van der Waals surface area contributed by atoms with Gasteiger partial charge in [-0.2, -0.15) is 0 Å². The minimum Gasteiger partial charge on any atom is -0.508 e. The number of hydrogen-bond donors (Lipinski definition) is 21. The van der Waals surface area contributed by atoms with Crippen molar-refractivity contribution in [3.05, 3.63) is 113 Å². The molecule has 23 N–H and O–H groups in total. The number of nitrogens with two attached hydrogens (primary N) is 2. The summed E-state index contributed by atoms with van der Waals surface area (Å²) >= 11 is 0. The lowest BCUT2D eigenvalue weighted by molar-refractivity contribution is -0.140. The van der Waals surface area contributed by atoms with Gasteiger partial charge in [0.25, 0.3) is 0 Å². The number of Topliss-reactive ketones (excluding diaryl/α,β-unsaturated/α-hetero) is 2. The maximum Gasteiger partial charge on any atom is 0.303 e. The zero-order valence-corrected chi connectivity index (χ0v) is 82.0. The number of aromatic hydroxyl groups is 1. The first-order valence-corrected chi connectivity index (χ1v) is 47.1. The van der Waals surface area contributed by atoms with E-state index in [9.17, 15) is 86.8 Å². The SMILES string of the molecule is C.CC(=O)N[C@@H](CC(C)C)C(=O)N[C@H](C(=O)N[C@@H](Cc1ccc(F)c(F)c1)C(=O)N[C@]1(C)CCCCCC/C=C/CCC[C@@](C)(C(=O)N[C@@H](C)C(=O)N[C@@H](C)C(=O)N[C@@H](C)C(=O)N[C@@H](C)C(=O)N[C@@H](C)C(=O)C[C@H](C)C(N)=O)NC(=O)[C@H](CC(C)C)CC(=O)[C@H](CCC(N)=O)NC(=O)[C@H](C)NC(=O)[C@H](Cc2c[nH]c3ccccc23)NC(=O)[C@H](Cc2ccc(O)cc2)NC(=O)[C@H](CCC(=O)O)NC1=O)[C@@H](C)O. The van der Waals surface area contributed by atoms with Gasteiger partial charge < -0.3 is 112 Å². The number of aliphatic carboxylic acids is 1. The van der Waals surface area contributed by atoms with Crippen LogP contribution in [-0.2, 0) is 115 Å². The number of hydrogen-bond acceptors (Lipinski definition) is 22. The summed E-state index contributed by atoms with van der Waals surface area (Å²) in [5, 5.41) is 70.6. The molecule has 778 valence electrons. The molecule has 0 bridgehead atoms. The highest BCUT2D eigenvalue weighted by molar-refractivity contribution is 6.03. The normalized spacial score (nSPS) is 21.7. The standard InChI is InChI=1S/C97H140F2N18O23.CH4/c1-50(2)41-63-48-77(122)70(35-37-78(100)123)110-86(131)57(10)107-89(134)75(47-64-49-102-69-28-24-23-27-66(64)69)112-90(135)73(45-61-29-32-65(120)33-30-61)111-88(133)71(36-38-79(124)125)114-95(140)97(15,117-92(137)74(46-62-31-34-67(98)68(99)44-62)113-93(138)80(59(12)118)115-91(136)72(42-51(3)4)109-60(13)119)40-26-22-20-18-16-17-19-21-25-39-96(14,116-87(63)132)94(139)108-58(11)85(130)106-56(9)84(129)105-55(8)83(128)104-54(7)82(127)103-53(6)76(121)43-52(5)81(101)126;/h17,19,23-24,27-34,44,49-59,63,70-75,80,102,118,120H,16,18,20-22,25-26,35-43,45-48H2,1-15H3,(H2,100,123)(H2,101,126)(H,103,127)(H,104,128)(H,105,129)(H,106,130)(H,107,134)(H,108,139)(H,109,119)(H,110,131)(H,111,133)(H,112,135)(H,113,138)(H,114,140)(H,115,136)(H,116,132)(H,117,137)(H,124,125);1H4/b19-17+;/t52-,53-,54-,55-,56-,57-,58-,59+,63+,70-,71-,72-,73-,74-,75-,80-,96-,97+;/m0./s1. The summed E-state index contributed by atoms with van der Waals surface area (Å²) in [5.74, 6) is -24.5.